The van der Waals surface area contributed by atoms with E-state index in [0.29, 0.717) is 18.4 Å². The van der Waals surface area contributed by atoms with Crippen LogP contribution >= 0.6 is 7.52 Å². The summed E-state index contributed by atoms with van der Waals surface area (Å²) in [4.78, 5) is 21.3. The van der Waals surface area contributed by atoms with Crippen molar-refractivity contribution >= 4 is 13.6 Å². The Morgan fingerprint density at radius 1 is 1.28 bits per heavy atom. The van der Waals surface area contributed by atoms with E-state index in [2.05, 4.69) is 4.74 Å². The molecule has 1 amide bonds. The summed E-state index contributed by atoms with van der Waals surface area (Å²) in [5.41, 5.74) is 0.575. The number of ether oxygens (including phenoxy) is 1. The fourth-order valence-electron chi connectivity index (χ4n) is 1.95. The van der Waals surface area contributed by atoms with Crippen LogP contribution < -0.4 is 10.4 Å². The molecule has 0 aromatic heterocycles. The van der Waals surface area contributed by atoms with Crippen LogP contribution in [-0.4, -0.2) is 29.5 Å². The second kappa shape index (κ2) is 9.79. The van der Waals surface area contributed by atoms with E-state index in [1.807, 2.05) is 12.0 Å². The molecule has 25 heavy (non-hydrogen) atoms. The van der Waals surface area contributed by atoms with Crippen molar-refractivity contribution in [1.29, 1.82) is 0 Å². The number of carbonyl (C=O) groups excluding carboxylic acids is 1. The molecule has 0 bridgehead atoms. The highest BCUT2D eigenvalue weighted by molar-refractivity contribution is 7.56. The van der Waals surface area contributed by atoms with Crippen molar-refractivity contribution in [1.82, 2.24) is 10.4 Å². The summed E-state index contributed by atoms with van der Waals surface area (Å²) < 4.78 is 55.9. The van der Waals surface area contributed by atoms with Gasteiger partial charge < -0.3 is 14.9 Å². The standard InChI is InChI=1S/C15H22F3N2O4P/c1-2-3-7-10-19-25(22,23)13(15(16,17)18)20-14(21)24-11-12-8-5-4-6-9-12/h4-6,8-9,13H,2-3,7,10-11H2,1H3,(H,20,21)(H2,19,22,23). The first-order chi connectivity index (χ1) is 11.7. The van der Waals surface area contributed by atoms with Crippen molar-refractivity contribution in [3.05, 3.63) is 35.9 Å². The van der Waals surface area contributed by atoms with Crippen LogP contribution in [0.25, 0.3) is 0 Å². The second-order valence-corrected chi connectivity index (χ2v) is 7.47. The van der Waals surface area contributed by atoms with Gasteiger partial charge in [-0.05, 0) is 12.0 Å². The molecule has 0 saturated carbocycles. The number of halogens is 3. The van der Waals surface area contributed by atoms with E-state index in [1.54, 1.807) is 30.3 Å². The summed E-state index contributed by atoms with van der Waals surface area (Å²) in [6, 6.07) is 8.34. The Bertz CT molecular complexity index is 584. The molecule has 1 rings (SSSR count). The van der Waals surface area contributed by atoms with Crippen LogP contribution in [0, 0.1) is 0 Å². The van der Waals surface area contributed by atoms with Crippen LogP contribution in [0.4, 0.5) is 18.0 Å². The molecule has 0 saturated heterocycles. The van der Waals surface area contributed by atoms with E-state index in [0.717, 1.165) is 6.42 Å². The van der Waals surface area contributed by atoms with Crippen molar-refractivity contribution in [3.8, 4) is 0 Å². The summed E-state index contributed by atoms with van der Waals surface area (Å²) in [5, 5.41) is 3.45. The van der Waals surface area contributed by atoms with Gasteiger partial charge in [-0.1, -0.05) is 50.1 Å². The molecule has 2 atom stereocenters. The molecule has 0 heterocycles. The lowest BCUT2D eigenvalue weighted by Crippen LogP contribution is -2.47. The summed E-state index contributed by atoms with van der Waals surface area (Å²) in [6.07, 6.45) is -4.56. The van der Waals surface area contributed by atoms with Crippen LogP contribution in [0.5, 0.6) is 0 Å². The maximum Gasteiger partial charge on any atom is 0.419 e. The minimum Gasteiger partial charge on any atom is -0.445 e. The molecule has 0 aliphatic heterocycles. The third-order valence-electron chi connectivity index (χ3n) is 3.25. The van der Waals surface area contributed by atoms with Crippen molar-refractivity contribution in [2.24, 2.45) is 0 Å². The lowest BCUT2D eigenvalue weighted by atomic mass is 10.2. The van der Waals surface area contributed by atoms with Gasteiger partial charge in [-0.2, -0.15) is 13.2 Å². The molecule has 0 aliphatic rings. The number of alkyl carbamates (subject to hydrolysis) is 1. The van der Waals surface area contributed by atoms with Crippen LogP contribution in [-0.2, 0) is 15.9 Å². The third-order valence-corrected chi connectivity index (χ3v) is 5.04. The number of benzene rings is 1. The highest BCUT2D eigenvalue weighted by Gasteiger charge is 2.52. The highest BCUT2D eigenvalue weighted by atomic mass is 31.2. The fraction of sp³-hybridized carbons (Fsp3) is 0.533. The van der Waals surface area contributed by atoms with Gasteiger partial charge in [-0.25, -0.2) is 9.88 Å². The summed E-state index contributed by atoms with van der Waals surface area (Å²) in [7, 11) is -4.90. The molecule has 2 unspecified atom stereocenters. The Hall–Kier alpha value is -1.57. The second-order valence-electron chi connectivity index (χ2n) is 5.39. The van der Waals surface area contributed by atoms with E-state index >= 15 is 0 Å². The van der Waals surface area contributed by atoms with Gasteiger partial charge >= 0.3 is 12.3 Å². The van der Waals surface area contributed by atoms with Gasteiger partial charge in [-0.3, -0.25) is 4.57 Å². The molecule has 1 aromatic carbocycles. The average Bonchev–Trinajstić information content (AvgIpc) is 2.54. The summed E-state index contributed by atoms with van der Waals surface area (Å²) in [6.45, 7) is 1.58. The van der Waals surface area contributed by atoms with E-state index in [9.17, 15) is 27.4 Å². The zero-order valence-electron chi connectivity index (χ0n) is 13.8. The lowest BCUT2D eigenvalue weighted by Gasteiger charge is -2.26. The zero-order valence-corrected chi connectivity index (χ0v) is 14.6. The van der Waals surface area contributed by atoms with Gasteiger partial charge in [0.05, 0.1) is 0 Å². The van der Waals surface area contributed by atoms with Gasteiger partial charge in [0.25, 0.3) is 7.52 Å². The topological polar surface area (TPSA) is 87.7 Å². The Labute approximate surface area is 144 Å². The van der Waals surface area contributed by atoms with Crippen molar-refractivity contribution in [3.63, 3.8) is 0 Å². The minimum absolute atomic E-state index is 0.0606. The normalized spacial score (nSPS) is 15.2. The van der Waals surface area contributed by atoms with Crippen LogP contribution in [0.3, 0.4) is 0 Å². The van der Waals surface area contributed by atoms with E-state index in [-0.39, 0.29) is 13.2 Å². The number of unbranched alkanes of at least 4 members (excludes halogenated alkanes) is 2. The SMILES string of the molecule is CCCCCNP(=O)(O)C(NC(=O)OCc1ccccc1)C(F)(F)F. The Morgan fingerprint density at radius 3 is 2.48 bits per heavy atom. The maximum absolute atomic E-state index is 13.1. The number of alkyl halides is 3. The summed E-state index contributed by atoms with van der Waals surface area (Å²) >= 11 is 0. The zero-order chi connectivity index (χ0) is 18.9. The molecule has 3 N–H and O–H groups in total. The third kappa shape index (κ3) is 7.90. The maximum atomic E-state index is 13.1. The quantitative estimate of drug-likeness (QED) is 0.447. The van der Waals surface area contributed by atoms with Gasteiger partial charge in [0.2, 0.25) is 5.78 Å². The average molecular weight is 382 g/mol. The molecular formula is C15H22F3N2O4P. The van der Waals surface area contributed by atoms with Crippen molar-refractivity contribution in [2.45, 2.75) is 44.8 Å². The molecule has 0 spiro atoms. The monoisotopic (exact) mass is 382 g/mol. The molecule has 1 aromatic rings. The van der Waals surface area contributed by atoms with Crippen LogP contribution in [0.15, 0.2) is 30.3 Å². The first-order valence-corrected chi connectivity index (χ1v) is 9.51. The number of hydrogen-bond donors (Lipinski definition) is 3. The summed E-state index contributed by atoms with van der Waals surface area (Å²) in [5.74, 6) is -2.94. The van der Waals surface area contributed by atoms with Crippen LogP contribution in [0.1, 0.15) is 31.7 Å². The van der Waals surface area contributed by atoms with Crippen LogP contribution in [0.2, 0.25) is 0 Å². The number of nitrogens with one attached hydrogen (secondary N) is 2. The molecule has 0 radical (unpaired) electrons. The Balaban J connectivity index is 2.65. The molecule has 6 nitrogen and oxygen atoms in total. The number of carbonyl (C=O) groups is 1. The van der Waals surface area contributed by atoms with Gasteiger partial charge in [-0.15, -0.1) is 0 Å². The smallest absolute Gasteiger partial charge is 0.419 e. The largest absolute Gasteiger partial charge is 0.445 e. The number of hydrogen-bond acceptors (Lipinski definition) is 3. The predicted octanol–water partition coefficient (Wildman–Crippen LogP) is 3.77. The van der Waals surface area contributed by atoms with Gasteiger partial charge in [0, 0.05) is 6.54 Å². The molecule has 10 heteroatoms. The Kier molecular flexibility index (Phi) is 8.41. The van der Waals surface area contributed by atoms with E-state index < -0.39 is 25.6 Å². The van der Waals surface area contributed by atoms with E-state index in [1.165, 1.54) is 5.32 Å². The highest BCUT2D eigenvalue weighted by Crippen LogP contribution is 2.47. The predicted molar refractivity (Wildman–Crippen MR) is 87.0 cm³/mol. The molecular weight excluding hydrogens is 360 g/mol. The Morgan fingerprint density at radius 2 is 1.92 bits per heavy atom. The van der Waals surface area contributed by atoms with Gasteiger partial charge in [0.1, 0.15) is 6.61 Å². The molecule has 0 aliphatic carbocycles. The lowest BCUT2D eigenvalue weighted by molar-refractivity contribution is -0.137. The first-order valence-electron chi connectivity index (χ1n) is 7.78. The molecule has 142 valence electrons. The molecule has 0 fully saturated rings. The minimum atomic E-state index is -5.10. The first kappa shape index (κ1) is 21.5. The van der Waals surface area contributed by atoms with Crippen molar-refractivity contribution < 1.29 is 32.2 Å². The van der Waals surface area contributed by atoms with E-state index in [4.69, 9.17) is 0 Å². The number of amides is 1. The fourth-order valence-corrected chi connectivity index (χ4v) is 3.29. The van der Waals surface area contributed by atoms with Gasteiger partial charge in [0.15, 0.2) is 0 Å². The number of rotatable bonds is 9. The van der Waals surface area contributed by atoms with Crippen molar-refractivity contribution in [2.75, 3.05) is 6.54 Å².